The molecule has 2 N–H and O–H groups in total. The quantitative estimate of drug-likeness (QED) is 0.851. The minimum Gasteiger partial charge on any atom is -0.364 e. The average molecular weight is 296 g/mol. The summed E-state index contributed by atoms with van der Waals surface area (Å²) in [6.45, 7) is 4.81. The van der Waals surface area contributed by atoms with Gasteiger partial charge in [-0.3, -0.25) is 5.10 Å². The number of aromatic amines is 1. The molecule has 0 unspecified atom stereocenters. The molecule has 0 bridgehead atoms. The zero-order valence-electron chi connectivity index (χ0n) is 9.74. The van der Waals surface area contributed by atoms with E-state index in [2.05, 4.69) is 55.3 Å². The van der Waals surface area contributed by atoms with Gasteiger partial charge >= 0.3 is 0 Å². The predicted octanol–water partition coefficient (Wildman–Crippen LogP) is 2.70. The lowest BCUT2D eigenvalue weighted by Gasteiger charge is -2.08. The first-order valence-electron chi connectivity index (χ1n) is 5.42. The number of nitrogens with zero attached hydrogens (tertiary/aromatic N) is 3. The molecule has 17 heavy (non-hydrogen) atoms. The molecule has 6 heteroatoms. The van der Waals surface area contributed by atoms with Gasteiger partial charge in [-0.05, 0) is 22.0 Å². The van der Waals surface area contributed by atoms with E-state index in [1.54, 1.807) is 6.20 Å². The standard InChI is InChI=1S/C11H14BrN5/c1-7(2)11-15-9(12)5-10(16-11)13-6-8-3-4-14-17-8/h3-5,7H,6H2,1-2H3,(H,14,17)(H,13,15,16). The second-order valence-electron chi connectivity index (χ2n) is 4.02. The van der Waals surface area contributed by atoms with E-state index in [4.69, 9.17) is 0 Å². The molecule has 0 saturated heterocycles. The first-order chi connectivity index (χ1) is 8.15. The van der Waals surface area contributed by atoms with E-state index in [1.165, 1.54) is 0 Å². The minimum atomic E-state index is 0.306. The van der Waals surface area contributed by atoms with E-state index in [0.29, 0.717) is 12.5 Å². The number of halogens is 1. The molecular weight excluding hydrogens is 282 g/mol. The van der Waals surface area contributed by atoms with Crippen molar-refractivity contribution in [2.45, 2.75) is 26.3 Å². The van der Waals surface area contributed by atoms with Crippen molar-refractivity contribution in [3.05, 3.63) is 34.5 Å². The van der Waals surface area contributed by atoms with Crippen LogP contribution < -0.4 is 5.32 Å². The lowest BCUT2D eigenvalue weighted by Crippen LogP contribution is -2.06. The number of nitrogens with one attached hydrogen (secondary N) is 2. The van der Waals surface area contributed by atoms with Crippen LogP contribution >= 0.6 is 15.9 Å². The highest BCUT2D eigenvalue weighted by molar-refractivity contribution is 9.10. The van der Waals surface area contributed by atoms with Gasteiger partial charge in [0.1, 0.15) is 16.2 Å². The third-order valence-corrected chi connectivity index (χ3v) is 2.65. The summed E-state index contributed by atoms with van der Waals surface area (Å²) in [7, 11) is 0. The monoisotopic (exact) mass is 295 g/mol. The molecule has 2 rings (SSSR count). The zero-order valence-corrected chi connectivity index (χ0v) is 11.3. The third kappa shape index (κ3) is 3.26. The van der Waals surface area contributed by atoms with Crippen LogP contribution in [0.15, 0.2) is 22.9 Å². The fourth-order valence-electron chi connectivity index (χ4n) is 1.35. The van der Waals surface area contributed by atoms with Gasteiger partial charge in [-0.15, -0.1) is 0 Å². The van der Waals surface area contributed by atoms with Crippen LogP contribution in [0.25, 0.3) is 0 Å². The van der Waals surface area contributed by atoms with Gasteiger partial charge in [-0.1, -0.05) is 13.8 Å². The Morgan fingerprint density at radius 2 is 2.24 bits per heavy atom. The largest absolute Gasteiger partial charge is 0.364 e. The van der Waals surface area contributed by atoms with Crippen LogP contribution in [0.3, 0.4) is 0 Å². The van der Waals surface area contributed by atoms with E-state index in [0.717, 1.165) is 21.9 Å². The Balaban J connectivity index is 2.10. The topological polar surface area (TPSA) is 66.5 Å². The Hall–Kier alpha value is -1.43. The second-order valence-corrected chi connectivity index (χ2v) is 4.84. The molecule has 5 nitrogen and oxygen atoms in total. The minimum absolute atomic E-state index is 0.306. The van der Waals surface area contributed by atoms with Crippen molar-refractivity contribution in [1.29, 1.82) is 0 Å². The molecule has 0 atom stereocenters. The fraction of sp³-hybridized carbons (Fsp3) is 0.364. The van der Waals surface area contributed by atoms with Crippen LogP contribution in [0.4, 0.5) is 5.82 Å². The van der Waals surface area contributed by atoms with Crippen molar-refractivity contribution in [1.82, 2.24) is 20.2 Å². The summed E-state index contributed by atoms with van der Waals surface area (Å²) >= 11 is 3.39. The molecule has 0 aliphatic rings. The molecule has 0 aromatic carbocycles. The smallest absolute Gasteiger partial charge is 0.134 e. The molecule has 90 valence electrons. The Labute approximate surface area is 108 Å². The van der Waals surface area contributed by atoms with E-state index in [1.807, 2.05) is 12.1 Å². The van der Waals surface area contributed by atoms with Gasteiger partial charge in [0.05, 0.1) is 12.2 Å². The summed E-state index contributed by atoms with van der Waals surface area (Å²) in [6, 6.07) is 3.79. The number of hydrogen-bond donors (Lipinski definition) is 2. The molecule has 2 aromatic heterocycles. The Morgan fingerprint density at radius 3 is 2.88 bits per heavy atom. The SMILES string of the molecule is CC(C)c1nc(Br)cc(NCc2ccn[nH]2)n1. The van der Waals surface area contributed by atoms with Gasteiger partial charge in [-0.25, -0.2) is 9.97 Å². The van der Waals surface area contributed by atoms with Crippen LogP contribution in [0.2, 0.25) is 0 Å². The van der Waals surface area contributed by atoms with Gasteiger partial charge < -0.3 is 5.32 Å². The van der Waals surface area contributed by atoms with Gasteiger partial charge in [0.15, 0.2) is 0 Å². The Morgan fingerprint density at radius 1 is 1.41 bits per heavy atom. The van der Waals surface area contributed by atoms with Crippen LogP contribution in [0.5, 0.6) is 0 Å². The van der Waals surface area contributed by atoms with Crippen LogP contribution in [0, 0.1) is 0 Å². The van der Waals surface area contributed by atoms with Gasteiger partial charge in [0.2, 0.25) is 0 Å². The summed E-state index contributed by atoms with van der Waals surface area (Å²) in [5.74, 6) is 1.94. The number of anilines is 1. The van der Waals surface area contributed by atoms with Crippen molar-refractivity contribution in [3.63, 3.8) is 0 Å². The molecule has 2 aromatic rings. The Bertz CT molecular complexity index is 481. The highest BCUT2D eigenvalue weighted by Gasteiger charge is 2.06. The summed E-state index contributed by atoms with van der Waals surface area (Å²) in [5.41, 5.74) is 1.02. The lowest BCUT2D eigenvalue weighted by molar-refractivity contribution is 0.769. The lowest BCUT2D eigenvalue weighted by atomic mass is 10.2. The molecule has 0 aliphatic carbocycles. The number of hydrogen-bond acceptors (Lipinski definition) is 4. The highest BCUT2D eigenvalue weighted by atomic mass is 79.9. The fourth-order valence-corrected chi connectivity index (χ4v) is 1.75. The summed E-state index contributed by atoms with van der Waals surface area (Å²) in [4.78, 5) is 8.77. The van der Waals surface area contributed by atoms with E-state index < -0.39 is 0 Å². The number of aromatic nitrogens is 4. The van der Waals surface area contributed by atoms with E-state index in [-0.39, 0.29) is 0 Å². The molecular formula is C11H14BrN5. The summed E-state index contributed by atoms with van der Waals surface area (Å²) in [5, 5.41) is 10.0. The van der Waals surface area contributed by atoms with Crippen molar-refractivity contribution >= 4 is 21.7 Å². The maximum atomic E-state index is 4.45. The van der Waals surface area contributed by atoms with Gasteiger partial charge in [0, 0.05) is 18.2 Å². The zero-order chi connectivity index (χ0) is 12.3. The van der Waals surface area contributed by atoms with Crippen molar-refractivity contribution < 1.29 is 0 Å². The second kappa shape index (κ2) is 5.27. The third-order valence-electron chi connectivity index (χ3n) is 2.25. The summed E-state index contributed by atoms with van der Waals surface area (Å²) < 4.78 is 0.795. The highest BCUT2D eigenvalue weighted by Crippen LogP contribution is 2.17. The molecule has 0 aliphatic heterocycles. The van der Waals surface area contributed by atoms with Crippen LogP contribution in [0.1, 0.15) is 31.3 Å². The Kier molecular flexibility index (Phi) is 3.73. The molecule has 0 saturated carbocycles. The maximum Gasteiger partial charge on any atom is 0.134 e. The van der Waals surface area contributed by atoms with Gasteiger partial charge in [-0.2, -0.15) is 5.10 Å². The number of H-pyrrole nitrogens is 1. The molecule has 0 radical (unpaired) electrons. The molecule has 0 fully saturated rings. The van der Waals surface area contributed by atoms with E-state index >= 15 is 0 Å². The van der Waals surface area contributed by atoms with Crippen LogP contribution in [-0.2, 0) is 6.54 Å². The first kappa shape index (κ1) is 12.0. The average Bonchev–Trinajstić information content (AvgIpc) is 2.78. The molecule has 0 spiro atoms. The summed E-state index contributed by atoms with van der Waals surface area (Å²) in [6.07, 6.45) is 1.73. The van der Waals surface area contributed by atoms with Crippen molar-refractivity contribution in [2.75, 3.05) is 5.32 Å². The number of rotatable bonds is 4. The van der Waals surface area contributed by atoms with Gasteiger partial charge in [0.25, 0.3) is 0 Å². The first-order valence-corrected chi connectivity index (χ1v) is 6.21. The van der Waals surface area contributed by atoms with Crippen molar-refractivity contribution in [2.24, 2.45) is 0 Å². The predicted molar refractivity (Wildman–Crippen MR) is 69.7 cm³/mol. The normalized spacial score (nSPS) is 10.8. The van der Waals surface area contributed by atoms with Crippen molar-refractivity contribution in [3.8, 4) is 0 Å². The molecule has 0 amide bonds. The van der Waals surface area contributed by atoms with Crippen LogP contribution in [-0.4, -0.2) is 20.2 Å². The van der Waals surface area contributed by atoms with E-state index in [9.17, 15) is 0 Å². The molecule has 2 heterocycles. The maximum absolute atomic E-state index is 4.45.